The quantitative estimate of drug-likeness (QED) is 0.111. The Morgan fingerprint density at radius 2 is 1.17 bits per heavy atom. The number of imidazole rings is 2. The van der Waals surface area contributed by atoms with Gasteiger partial charge in [-0.25, -0.2) is 27.5 Å². The van der Waals surface area contributed by atoms with Crippen molar-refractivity contribution in [2.45, 2.75) is 118 Å². The molecule has 0 unspecified atom stereocenters. The van der Waals surface area contributed by atoms with Gasteiger partial charge >= 0.3 is 0 Å². The second-order valence-electron chi connectivity index (χ2n) is 15.7. The van der Waals surface area contributed by atoms with Gasteiger partial charge in [0.2, 0.25) is 23.7 Å². The number of nitrogens with zero attached hydrogens (tertiary/aromatic N) is 2. The number of hydrogen-bond donors (Lipinski definition) is 4. The number of amides is 2. The predicted octanol–water partition coefficient (Wildman–Crippen LogP) is 9.56. The zero-order valence-corrected chi connectivity index (χ0v) is 32.2. The zero-order valence-electron chi connectivity index (χ0n) is 32.2. The van der Waals surface area contributed by atoms with E-state index in [2.05, 4.69) is 84.0 Å². The summed E-state index contributed by atoms with van der Waals surface area (Å²) in [7, 11) is 0. The fourth-order valence-corrected chi connectivity index (χ4v) is 5.98. The number of alkyl halides is 4. The van der Waals surface area contributed by atoms with Gasteiger partial charge in [-0.05, 0) is 72.4 Å². The lowest BCUT2D eigenvalue weighted by Crippen LogP contribution is -2.35. The zero-order chi connectivity index (χ0) is 39.5. The molecule has 0 saturated heterocycles. The standard InChI is InChI=1S/C34H34F4N6O2.2C4H10/c35-33(36)11-7-22(8-12-33)31(45)41-19-29-39-17-27(43-29)6-2-21-1-3-25-16-26(5-4-24(25)15-21)28-18-40-30(44-28)20-42-32(46)23-9-13-34(37,38)14-10-23;2*1-4(2)3/h1,3-5,15-18,22-23H,7-14,19-20H2,(H,39,43)(H,40,44)(H,41,45)(H,42,46);2*4H,1-3H3. The molecule has 0 aliphatic heterocycles. The normalized spacial score (nSPS) is 16.7. The van der Waals surface area contributed by atoms with E-state index in [1.54, 1.807) is 12.4 Å². The van der Waals surface area contributed by atoms with E-state index in [4.69, 9.17) is 0 Å². The first-order valence-corrected chi connectivity index (χ1v) is 18.9. The van der Waals surface area contributed by atoms with Gasteiger partial charge in [0.25, 0.3) is 0 Å². The number of nitrogens with one attached hydrogen (secondary N) is 4. The summed E-state index contributed by atoms with van der Waals surface area (Å²) < 4.78 is 53.5. The van der Waals surface area contributed by atoms with Crippen molar-refractivity contribution < 1.29 is 27.2 Å². The monoisotopic (exact) mass is 750 g/mol. The highest BCUT2D eigenvalue weighted by Gasteiger charge is 2.38. The van der Waals surface area contributed by atoms with Crippen molar-refractivity contribution in [3.63, 3.8) is 0 Å². The van der Waals surface area contributed by atoms with Gasteiger partial charge in [0.1, 0.15) is 17.3 Å². The number of aromatic nitrogens is 4. The first-order valence-electron chi connectivity index (χ1n) is 18.9. The number of benzene rings is 2. The third-order valence-electron chi connectivity index (χ3n) is 8.79. The van der Waals surface area contributed by atoms with Gasteiger partial charge in [-0.2, -0.15) is 0 Å². The highest BCUT2D eigenvalue weighted by Crippen LogP contribution is 2.37. The number of fused-ring (bicyclic) bond motifs is 1. The van der Waals surface area contributed by atoms with Crippen LogP contribution in [-0.4, -0.2) is 43.6 Å². The fourth-order valence-electron chi connectivity index (χ4n) is 5.98. The Bertz CT molecular complexity index is 1870. The van der Waals surface area contributed by atoms with Gasteiger partial charge in [0.05, 0.1) is 31.2 Å². The van der Waals surface area contributed by atoms with Crippen LogP contribution < -0.4 is 10.6 Å². The maximum absolute atomic E-state index is 13.4. The summed E-state index contributed by atoms with van der Waals surface area (Å²) in [6.07, 6.45) is 3.01. The molecule has 2 aromatic carbocycles. The van der Waals surface area contributed by atoms with Gasteiger partial charge in [0.15, 0.2) is 0 Å². The lowest BCUT2D eigenvalue weighted by Gasteiger charge is -2.27. The summed E-state index contributed by atoms with van der Waals surface area (Å²) >= 11 is 0. The van der Waals surface area contributed by atoms with Crippen LogP contribution in [0, 0.1) is 35.5 Å². The number of H-pyrrole nitrogens is 2. The van der Waals surface area contributed by atoms with E-state index in [0.29, 0.717) is 17.3 Å². The second kappa shape index (κ2) is 19.1. The number of aromatic amines is 2. The molecule has 4 N–H and O–H groups in total. The molecule has 0 bridgehead atoms. The van der Waals surface area contributed by atoms with Crippen molar-refractivity contribution >= 4 is 22.6 Å². The van der Waals surface area contributed by atoms with Crippen LogP contribution in [0.2, 0.25) is 0 Å². The van der Waals surface area contributed by atoms with Crippen LogP contribution in [0.4, 0.5) is 17.6 Å². The van der Waals surface area contributed by atoms with Crippen molar-refractivity contribution in [1.29, 1.82) is 0 Å². The molecular formula is C42H54F4N6O2. The lowest BCUT2D eigenvalue weighted by molar-refractivity contribution is -0.130. The number of halogens is 4. The predicted molar refractivity (Wildman–Crippen MR) is 205 cm³/mol. The molecule has 0 spiro atoms. The number of hydrogen-bond acceptors (Lipinski definition) is 4. The van der Waals surface area contributed by atoms with Gasteiger partial charge in [-0.3, -0.25) is 9.59 Å². The molecule has 2 amide bonds. The molecule has 4 aromatic rings. The van der Waals surface area contributed by atoms with Gasteiger partial charge in [0, 0.05) is 48.6 Å². The van der Waals surface area contributed by atoms with Crippen molar-refractivity contribution in [3.05, 3.63) is 71.7 Å². The molecule has 6 rings (SSSR count). The molecule has 2 heterocycles. The van der Waals surface area contributed by atoms with Crippen LogP contribution in [0.3, 0.4) is 0 Å². The van der Waals surface area contributed by atoms with Crippen LogP contribution in [0.15, 0.2) is 48.8 Å². The van der Waals surface area contributed by atoms with E-state index in [9.17, 15) is 27.2 Å². The highest BCUT2D eigenvalue weighted by molar-refractivity contribution is 5.88. The van der Waals surface area contributed by atoms with Crippen LogP contribution in [0.1, 0.15) is 116 Å². The molecule has 0 radical (unpaired) electrons. The minimum absolute atomic E-state index is 0.169. The number of rotatable bonds is 7. The Balaban J connectivity index is 0.000000740. The minimum atomic E-state index is -2.67. The van der Waals surface area contributed by atoms with Gasteiger partial charge in [-0.15, -0.1) is 0 Å². The van der Waals surface area contributed by atoms with Crippen molar-refractivity contribution in [3.8, 4) is 23.1 Å². The lowest BCUT2D eigenvalue weighted by atomic mass is 9.86. The molecule has 2 aliphatic carbocycles. The Morgan fingerprint density at radius 3 is 1.70 bits per heavy atom. The average molecular weight is 751 g/mol. The maximum Gasteiger partial charge on any atom is 0.248 e. The minimum Gasteiger partial charge on any atom is -0.349 e. The average Bonchev–Trinajstić information content (AvgIpc) is 3.78. The molecule has 2 aliphatic rings. The number of carbonyl (C=O) groups excluding carboxylic acids is 2. The second-order valence-corrected chi connectivity index (χ2v) is 15.7. The Kier molecular flexibility index (Phi) is 14.9. The molecule has 292 valence electrons. The SMILES string of the molecule is CC(C)C.CC(C)C.O=C(NCc1ncc(C#Cc2ccc3cc(-c4cnc(CNC(=O)C5CCC(F)(F)CC5)[nH]4)ccc3c2)[nH]1)C1CCC(F)(F)CC1. The van der Waals surface area contributed by atoms with Gasteiger partial charge in [-0.1, -0.05) is 65.7 Å². The first-order chi connectivity index (χ1) is 25.5. The fraction of sp³-hybridized carbons (Fsp3) is 0.524. The molecule has 54 heavy (non-hydrogen) atoms. The van der Waals surface area contributed by atoms with E-state index in [1.807, 2.05) is 36.4 Å². The van der Waals surface area contributed by atoms with Crippen LogP contribution in [0.25, 0.3) is 22.0 Å². The maximum atomic E-state index is 13.4. The van der Waals surface area contributed by atoms with Gasteiger partial charge < -0.3 is 20.6 Å². The Labute approximate surface area is 316 Å². The first kappa shape index (κ1) is 42.1. The summed E-state index contributed by atoms with van der Waals surface area (Å²) in [6, 6.07) is 11.8. The van der Waals surface area contributed by atoms with Crippen LogP contribution in [0.5, 0.6) is 0 Å². The summed E-state index contributed by atoms with van der Waals surface area (Å²) in [5, 5.41) is 7.59. The molecule has 12 heteroatoms. The van der Waals surface area contributed by atoms with Crippen LogP contribution >= 0.6 is 0 Å². The summed E-state index contributed by atoms with van der Waals surface area (Å²) in [5.41, 5.74) is 3.10. The Morgan fingerprint density at radius 1 is 0.704 bits per heavy atom. The largest absolute Gasteiger partial charge is 0.349 e. The van der Waals surface area contributed by atoms with E-state index in [-0.39, 0.29) is 76.3 Å². The van der Waals surface area contributed by atoms with E-state index in [1.165, 1.54) is 0 Å². The van der Waals surface area contributed by atoms with Crippen molar-refractivity contribution in [2.75, 3.05) is 0 Å². The third kappa shape index (κ3) is 13.6. The molecule has 0 atom stereocenters. The van der Waals surface area contributed by atoms with E-state index < -0.39 is 23.7 Å². The molecule has 2 saturated carbocycles. The summed E-state index contributed by atoms with van der Waals surface area (Å²) in [5.74, 6) is 2.37. The Hall–Kier alpha value is -4.66. The number of carbonyl (C=O) groups is 2. The van der Waals surface area contributed by atoms with Crippen molar-refractivity contribution in [2.24, 2.45) is 23.7 Å². The molecule has 8 nitrogen and oxygen atoms in total. The third-order valence-corrected chi connectivity index (χ3v) is 8.79. The smallest absolute Gasteiger partial charge is 0.248 e. The topological polar surface area (TPSA) is 116 Å². The van der Waals surface area contributed by atoms with E-state index >= 15 is 0 Å². The van der Waals surface area contributed by atoms with Crippen molar-refractivity contribution in [1.82, 2.24) is 30.6 Å². The summed E-state index contributed by atoms with van der Waals surface area (Å²) in [6.45, 7) is 13.4. The van der Waals surface area contributed by atoms with Crippen LogP contribution in [-0.2, 0) is 22.7 Å². The molecular weight excluding hydrogens is 696 g/mol. The molecule has 2 fully saturated rings. The van der Waals surface area contributed by atoms with E-state index in [0.717, 1.165) is 39.4 Å². The highest BCUT2D eigenvalue weighted by atomic mass is 19.3. The summed E-state index contributed by atoms with van der Waals surface area (Å²) in [4.78, 5) is 39.7. The molecule has 2 aromatic heterocycles.